The maximum absolute atomic E-state index is 12.7. The normalized spacial score (nSPS) is 16.1. The summed E-state index contributed by atoms with van der Waals surface area (Å²) in [5.74, 6) is 0.874. The highest BCUT2D eigenvalue weighted by Gasteiger charge is 2.27. The number of aromatic nitrogens is 1. The molecule has 0 spiro atoms. The third kappa shape index (κ3) is 3.47. The van der Waals surface area contributed by atoms with Crippen LogP contribution in [0.1, 0.15) is 12.6 Å². The molecule has 0 N–H and O–H groups in total. The van der Waals surface area contributed by atoms with Gasteiger partial charge in [-0.1, -0.05) is 29.4 Å². The summed E-state index contributed by atoms with van der Waals surface area (Å²) in [6, 6.07) is 15.6. The molecule has 140 valence electrons. The van der Waals surface area contributed by atoms with Crippen LogP contribution in [0.2, 0.25) is 0 Å². The Balaban J connectivity index is 1.43. The van der Waals surface area contributed by atoms with Crippen LogP contribution < -0.4 is 9.64 Å². The fraction of sp³-hybridized carbons (Fsp3) is 0.333. The average molecular weight is 365 g/mol. The lowest BCUT2D eigenvalue weighted by Crippen LogP contribution is -2.47. The van der Waals surface area contributed by atoms with Gasteiger partial charge in [-0.3, -0.25) is 4.79 Å². The summed E-state index contributed by atoms with van der Waals surface area (Å²) in [6.07, 6.45) is 0.150. The van der Waals surface area contributed by atoms with E-state index < -0.39 is 0 Å². The van der Waals surface area contributed by atoms with Gasteiger partial charge in [-0.15, -0.1) is 0 Å². The van der Waals surface area contributed by atoms with E-state index in [2.05, 4.69) is 23.0 Å². The Morgan fingerprint density at radius 2 is 2.00 bits per heavy atom. The van der Waals surface area contributed by atoms with Crippen molar-refractivity contribution >= 4 is 22.6 Å². The number of benzene rings is 2. The first-order valence-corrected chi connectivity index (χ1v) is 9.23. The Labute approximate surface area is 158 Å². The van der Waals surface area contributed by atoms with Gasteiger partial charge in [-0.05, 0) is 31.2 Å². The molecule has 1 aliphatic heterocycles. The molecule has 0 bridgehead atoms. The number of para-hydroxylation sites is 3. The topological polar surface area (TPSA) is 58.8 Å². The number of likely N-dealkylation sites (N-methyl/N-ethyl adjacent to an activating group) is 2. The molecule has 2 aromatic carbocycles. The van der Waals surface area contributed by atoms with Crippen molar-refractivity contribution in [2.45, 2.75) is 19.4 Å². The van der Waals surface area contributed by atoms with Crippen molar-refractivity contribution in [3.8, 4) is 5.75 Å². The van der Waals surface area contributed by atoms with Crippen LogP contribution in [0.4, 0.5) is 5.69 Å². The summed E-state index contributed by atoms with van der Waals surface area (Å²) in [4.78, 5) is 16.7. The van der Waals surface area contributed by atoms with Gasteiger partial charge in [0.15, 0.2) is 5.58 Å². The summed E-state index contributed by atoms with van der Waals surface area (Å²) in [6.45, 7) is 4.32. The van der Waals surface area contributed by atoms with Crippen LogP contribution >= 0.6 is 0 Å². The molecular formula is C21H23N3O3. The van der Waals surface area contributed by atoms with E-state index in [9.17, 15) is 4.79 Å². The van der Waals surface area contributed by atoms with Gasteiger partial charge in [0.05, 0.1) is 25.2 Å². The predicted molar refractivity (Wildman–Crippen MR) is 104 cm³/mol. The SMILES string of the molecule is CCN1C[C@@H](CN(C)C(=O)Cc2noc3ccccc23)Oc2ccccc21. The molecule has 0 fully saturated rings. The molecule has 0 radical (unpaired) electrons. The van der Waals surface area contributed by atoms with Crippen LogP contribution in [0.15, 0.2) is 53.1 Å². The number of amides is 1. The molecule has 1 atom stereocenters. The highest BCUT2D eigenvalue weighted by molar-refractivity contribution is 5.86. The molecule has 1 aliphatic rings. The monoisotopic (exact) mass is 365 g/mol. The van der Waals surface area contributed by atoms with Gasteiger partial charge in [0.25, 0.3) is 0 Å². The minimum absolute atomic E-state index is 0.000407. The average Bonchev–Trinajstić information content (AvgIpc) is 3.10. The number of anilines is 1. The number of nitrogens with zero attached hydrogens (tertiary/aromatic N) is 3. The van der Waals surface area contributed by atoms with E-state index in [0.717, 1.165) is 29.9 Å². The van der Waals surface area contributed by atoms with Crippen molar-refractivity contribution < 1.29 is 14.1 Å². The molecule has 0 saturated carbocycles. The summed E-state index contributed by atoms with van der Waals surface area (Å²) in [5, 5.41) is 4.95. The van der Waals surface area contributed by atoms with Gasteiger partial charge in [-0.25, -0.2) is 0 Å². The lowest BCUT2D eigenvalue weighted by molar-refractivity contribution is -0.130. The van der Waals surface area contributed by atoms with Crippen LogP contribution in [-0.4, -0.2) is 48.7 Å². The smallest absolute Gasteiger partial charge is 0.228 e. The van der Waals surface area contributed by atoms with Crippen molar-refractivity contribution in [3.63, 3.8) is 0 Å². The molecule has 0 aliphatic carbocycles. The highest BCUT2D eigenvalue weighted by Crippen LogP contribution is 2.32. The summed E-state index contributed by atoms with van der Waals surface area (Å²) >= 11 is 0. The predicted octanol–water partition coefficient (Wildman–Crippen LogP) is 3.12. The second kappa shape index (κ2) is 7.31. The third-order valence-electron chi connectivity index (χ3n) is 4.98. The minimum atomic E-state index is -0.0668. The Hall–Kier alpha value is -3.02. The Kier molecular flexibility index (Phi) is 4.71. The van der Waals surface area contributed by atoms with E-state index >= 15 is 0 Å². The maximum atomic E-state index is 12.7. The van der Waals surface area contributed by atoms with Crippen molar-refractivity contribution in [1.29, 1.82) is 0 Å². The van der Waals surface area contributed by atoms with Gasteiger partial charge in [-0.2, -0.15) is 0 Å². The Bertz CT molecular complexity index is 953. The molecule has 1 amide bonds. The van der Waals surface area contributed by atoms with E-state index in [4.69, 9.17) is 9.26 Å². The number of fused-ring (bicyclic) bond motifs is 2. The van der Waals surface area contributed by atoms with Crippen molar-refractivity contribution in [2.24, 2.45) is 0 Å². The molecule has 27 heavy (non-hydrogen) atoms. The van der Waals surface area contributed by atoms with Gasteiger partial charge in [0.2, 0.25) is 5.91 Å². The molecule has 2 heterocycles. The molecule has 6 nitrogen and oxygen atoms in total. The number of carbonyl (C=O) groups is 1. The lowest BCUT2D eigenvalue weighted by Gasteiger charge is -2.37. The van der Waals surface area contributed by atoms with Crippen LogP contribution in [0, 0.1) is 0 Å². The zero-order chi connectivity index (χ0) is 18.8. The summed E-state index contributed by atoms with van der Waals surface area (Å²) in [7, 11) is 1.81. The number of rotatable bonds is 5. The maximum Gasteiger partial charge on any atom is 0.228 e. The van der Waals surface area contributed by atoms with Crippen LogP contribution in [0.3, 0.4) is 0 Å². The largest absolute Gasteiger partial charge is 0.485 e. The Morgan fingerprint density at radius 3 is 2.85 bits per heavy atom. The van der Waals surface area contributed by atoms with Gasteiger partial charge >= 0.3 is 0 Å². The zero-order valence-electron chi connectivity index (χ0n) is 15.6. The molecule has 4 rings (SSSR count). The van der Waals surface area contributed by atoms with Crippen LogP contribution in [0.25, 0.3) is 11.0 Å². The molecule has 1 aromatic heterocycles. The Morgan fingerprint density at radius 1 is 1.22 bits per heavy atom. The van der Waals surface area contributed by atoms with E-state index in [1.807, 2.05) is 49.5 Å². The number of ether oxygens (including phenoxy) is 1. The van der Waals surface area contributed by atoms with Crippen LogP contribution in [-0.2, 0) is 11.2 Å². The van der Waals surface area contributed by atoms with Gasteiger partial charge in [0, 0.05) is 19.0 Å². The molecule has 3 aromatic rings. The number of carbonyl (C=O) groups excluding carboxylic acids is 1. The van der Waals surface area contributed by atoms with Gasteiger partial charge in [0.1, 0.15) is 17.5 Å². The van der Waals surface area contributed by atoms with E-state index in [-0.39, 0.29) is 18.4 Å². The third-order valence-corrected chi connectivity index (χ3v) is 4.98. The highest BCUT2D eigenvalue weighted by atomic mass is 16.5. The summed E-state index contributed by atoms with van der Waals surface area (Å²) < 4.78 is 11.4. The number of hydrogen-bond acceptors (Lipinski definition) is 5. The molecule has 0 saturated heterocycles. The first kappa shape index (κ1) is 17.4. The second-order valence-corrected chi connectivity index (χ2v) is 6.82. The number of hydrogen-bond donors (Lipinski definition) is 0. The fourth-order valence-electron chi connectivity index (χ4n) is 3.52. The standard InChI is InChI=1S/C21H23N3O3/c1-3-24-14-15(26-20-11-7-5-9-18(20)24)13-23(2)21(25)12-17-16-8-4-6-10-19(16)27-22-17/h4-11,15H,3,12-14H2,1-2H3/t15-/m1/s1. The summed E-state index contributed by atoms with van der Waals surface area (Å²) in [5.41, 5.74) is 2.49. The fourth-order valence-corrected chi connectivity index (χ4v) is 3.52. The minimum Gasteiger partial charge on any atom is -0.485 e. The van der Waals surface area contributed by atoms with Crippen molar-refractivity contribution in [3.05, 3.63) is 54.2 Å². The van der Waals surface area contributed by atoms with Crippen molar-refractivity contribution in [1.82, 2.24) is 10.1 Å². The lowest BCUT2D eigenvalue weighted by atomic mass is 10.1. The van der Waals surface area contributed by atoms with Crippen LogP contribution in [0.5, 0.6) is 5.75 Å². The first-order chi connectivity index (χ1) is 13.2. The zero-order valence-corrected chi connectivity index (χ0v) is 15.6. The van der Waals surface area contributed by atoms with E-state index in [0.29, 0.717) is 17.8 Å². The van der Waals surface area contributed by atoms with E-state index in [1.54, 1.807) is 4.90 Å². The molecule has 0 unspecified atom stereocenters. The van der Waals surface area contributed by atoms with Crippen molar-refractivity contribution in [2.75, 3.05) is 31.6 Å². The van der Waals surface area contributed by atoms with Gasteiger partial charge < -0.3 is 19.1 Å². The quantitative estimate of drug-likeness (QED) is 0.695. The second-order valence-electron chi connectivity index (χ2n) is 6.82. The first-order valence-electron chi connectivity index (χ1n) is 9.23. The van der Waals surface area contributed by atoms with E-state index in [1.165, 1.54) is 0 Å². The molecule has 6 heteroatoms. The molecular weight excluding hydrogens is 342 g/mol.